The molecule has 30 heavy (non-hydrogen) atoms. The van der Waals surface area contributed by atoms with Crippen molar-refractivity contribution in [3.8, 4) is 5.75 Å². The first-order valence-corrected chi connectivity index (χ1v) is 10.8. The fourth-order valence-electron chi connectivity index (χ4n) is 4.14. The monoisotopic (exact) mass is 408 g/mol. The van der Waals surface area contributed by atoms with Gasteiger partial charge in [0.2, 0.25) is 0 Å². The van der Waals surface area contributed by atoms with E-state index in [1.165, 1.54) is 0 Å². The Balaban J connectivity index is 1.58. The standard InChI is InChI=1S/C25H32N2O3/c1-17(2)22-10-5-6-11-23(22)26-25(29)20-12-14-21(15-13-20)30-16-24(28)27-18(3)8-7-9-19(27)4/h5-6,10-15,17-19H,7-9,16H2,1-4H3,(H,26,29). The van der Waals surface area contributed by atoms with Gasteiger partial charge in [0.1, 0.15) is 5.75 Å². The van der Waals surface area contributed by atoms with Crippen LogP contribution in [0.1, 0.15) is 68.8 Å². The number of anilines is 1. The quantitative estimate of drug-likeness (QED) is 0.712. The molecule has 0 radical (unpaired) electrons. The van der Waals surface area contributed by atoms with Crippen molar-refractivity contribution >= 4 is 17.5 Å². The average molecular weight is 409 g/mol. The Hall–Kier alpha value is -2.82. The summed E-state index contributed by atoms with van der Waals surface area (Å²) in [6.45, 7) is 8.41. The smallest absolute Gasteiger partial charge is 0.260 e. The second-order valence-corrected chi connectivity index (χ2v) is 8.44. The highest BCUT2D eigenvalue weighted by Crippen LogP contribution is 2.25. The number of piperidine rings is 1. The van der Waals surface area contributed by atoms with Gasteiger partial charge in [-0.15, -0.1) is 0 Å². The predicted octanol–water partition coefficient (Wildman–Crippen LogP) is 5.23. The summed E-state index contributed by atoms with van der Waals surface area (Å²) in [7, 11) is 0. The van der Waals surface area contributed by atoms with Crippen molar-refractivity contribution in [2.24, 2.45) is 0 Å². The minimum Gasteiger partial charge on any atom is -0.484 e. The van der Waals surface area contributed by atoms with E-state index in [0.717, 1.165) is 30.5 Å². The van der Waals surface area contributed by atoms with E-state index in [-0.39, 0.29) is 30.5 Å². The Morgan fingerprint density at radius 1 is 1.03 bits per heavy atom. The molecule has 2 amide bonds. The molecule has 1 heterocycles. The zero-order valence-corrected chi connectivity index (χ0v) is 18.4. The number of carbonyl (C=O) groups excluding carboxylic acids is 2. The summed E-state index contributed by atoms with van der Waals surface area (Å²) in [4.78, 5) is 27.2. The lowest BCUT2D eigenvalue weighted by Crippen LogP contribution is -2.49. The fourth-order valence-corrected chi connectivity index (χ4v) is 4.14. The molecule has 1 fully saturated rings. The van der Waals surface area contributed by atoms with E-state index in [9.17, 15) is 9.59 Å². The Labute approximate surface area is 179 Å². The van der Waals surface area contributed by atoms with Crippen LogP contribution in [0, 0.1) is 0 Å². The maximum Gasteiger partial charge on any atom is 0.260 e. The van der Waals surface area contributed by atoms with Crippen LogP contribution in [0.4, 0.5) is 5.69 Å². The van der Waals surface area contributed by atoms with Crippen molar-refractivity contribution in [3.05, 3.63) is 59.7 Å². The van der Waals surface area contributed by atoms with Gasteiger partial charge < -0.3 is 15.0 Å². The second kappa shape index (κ2) is 9.79. The largest absolute Gasteiger partial charge is 0.484 e. The van der Waals surface area contributed by atoms with Crippen LogP contribution in [0.5, 0.6) is 5.75 Å². The summed E-state index contributed by atoms with van der Waals surface area (Å²) < 4.78 is 5.70. The van der Waals surface area contributed by atoms with E-state index in [0.29, 0.717) is 17.2 Å². The third-order valence-electron chi connectivity index (χ3n) is 5.79. The number of hydrogen-bond donors (Lipinski definition) is 1. The van der Waals surface area contributed by atoms with Gasteiger partial charge in [-0.2, -0.15) is 0 Å². The Bertz CT molecular complexity index is 866. The van der Waals surface area contributed by atoms with Gasteiger partial charge in [0.05, 0.1) is 0 Å². The number of carbonyl (C=O) groups is 2. The van der Waals surface area contributed by atoms with Gasteiger partial charge in [0.15, 0.2) is 6.61 Å². The van der Waals surface area contributed by atoms with Crippen LogP contribution in [0.2, 0.25) is 0 Å². The Morgan fingerprint density at radius 2 is 1.67 bits per heavy atom. The van der Waals surface area contributed by atoms with Crippen LogP contribution in [0.3, 0.4) is 0 Å². The normalized spacial score (nSPS) is 18.9. The SMILES string of the molecule is CC(C)c1ccccc1NC(=O)c1ccc(OCC(=O)N2C(C)CCCC2C)cc1. The zero-order valence-electron chi connectivity index (χ0n) is 18.4. The second-order valence-electron chi connectivity index (χ2n) is 8.44. The molecule has 3 rings (SSSR count). The van der Waals surface area contributed by atoms with Gasteiger partial charge in [0.25, 0.3) is 11.8 Å². The molecule has 2 atom stereocenters. The molecule has 0 saturated carbocycles. The van der Waals surface area contributed by atoms with Gasteiger partial charge in [-0.05, 0) is 74.9 Å². The van der Waals surface area contributed by atoms with Crippen molar-refractivity contribution in [1.29, 1.82) is 0 Å². The predicted molar refractivity (Wildman–Crippen MR) is 120 cm³/mol. The molecule has 2 aromatic carbocycles. The molecule has 1 aliphatic heterocycles. The van der Waals surface area contributed by atoms with E-state index in [2.05, 4.69) is 33.0 Å². The molecule has 5 heteroatoms. The highest BCUT2D eigenvalue weighted by Gasteiger charge is 2.29. The third kappa shape index (κ3) is 5.21. The number of nitrogens with zero attached hydrogens (tertiary/aromatic N) is 1. The van der Waals surface area contributed by atoms with Crippen molar-refractivity contribution in [2.45, 2.75) is 65.0 Å². The number of hydrogen-bond acceptors (Lipinski definition) is 3. The van der Waals surface area contributed by atoms with Gasteiger partial charge in [0, 0.05) is 23.3 Å². The molecule has 0 bridgehead atoms. The summed E-state index contributed by atoms with van der Waals surface area (Å²) >= 11 is 0. The van der Waals surface area contributed by atoms with E-state index in [1.54, 1.807) is 24.3 Å². The molecular weight excluding hydrogens is 376 g/mol. The van der Waals surface area contributed by atoms with Gasteiger partial charge in [-0.1, -0.05) is 32.0 Å². The van der Waals surface area contributed by atoms with Crippen LogP contribution in [0.25, 0.3) is 0 Å². The number of amides is 2. The van der Waals surface area contributed by atoms with E-state index >= 15 is 0 Å². The van der Waals surface area contributed by atoms with Crippen LogP contribution in [0.15, 0.2) is 48.5 Å². The van der Waals surface area contributed by atoms with Crippen molar-refractivity contribution in [1.82, 2.24) is 4.90 Å². The van der Waals surface area contributed by atoms with E-state index < -0.39 is 0 Å². The molecule has 0 spiro atoms. The maximum atomic E-state index is 12.6. The van der Waals surface area contributed by atoms with Gasteiger partial charge >= 0.3 is 0 Å². The molecule has 1 saturated heterocycles. The number of para-hydroxylation sites is 1. The summed E-state index contributed by atoms with van der Waals surface area (Å²) in [5, 5.41) is 2.99. The van der Waals surface area contributed by atoms with Crippen LogP contribution in [-0.4, -0.2) is 35.4 Å². The maximum absolute atomic E-state index is 12.6. The highest BCUT2D eigenvalue weighted by atomic mass is 16.5. The molecular formula is C25H32N2O3. The zero-order chi connectivity index (χ0) is 21.7. The molecule has 0 aliphatic carbocycles. The molecule has 1 N–H and O–H groups in total. The highest BCUT2D eigenvalue weighted by molar-refractivity contribution is 6.04. The number of nitrogens with one attached hydrogen (secondary N) is 1. The first-order chi connectivity index (χ1) is 14.4. The lowest BCUT2D eigenvalue weighted by Gasteiger charge is -2.38. The Morgan fingerprint density at radius 3 is 2.30 bits per heavy atom. The molecule has 160 valence electrons. The number of rotatable bonds is 6. The van der Waals surface area contributed by atoms with Gasteiger partial charge in [-0.3, -0.25) is 9.59 Å². The summed E-state index contributed by atoms with van der Waals surface area (Å²) in [6, 6.07) is 15.3. The van der Waals surface area contributed by atoms with E-state index in [4.69, 9.17) is 4.74 Å². The van der Waals surface area contributed by atoms with Crippen LogP contribution >= 0.6 is 0 Å². The average Bonchev–Trinajstić information content (AvgIpc) is 2.72. The van der Waals surface area contributed by atoms with Crippen molar-refractivity contribution in [3.63, 3.8) is 0 Å². The molecule has 1 aliphatic rings. The minimum atomic E-state index is -0.165. The third-order valence-corrected chi connectivity index (χ3v) is 5.79. The molecule has 0 aromatic heterocycles. The summed E-state index contributed by atoms with van der Waals surface area (Å²) in [5.41, 5.74) is 2.48. The lowest BCUT2D eigenvalue weighted by molar-refractivity contribution is -0.139. The van der Waals surface area contributed by atoms with Crippen molar-refractivity contribution < 1.29 is 14.3 Å². The number of ether oxygens (including phenoxy) is 1. The molecule has 2 aromatic rings. The van der Waals surface area contributed by atoms with Gasteiger partial charge in [-0.25, -0.2) is 0 Å². The van der Waals surface area contributed by atoms with E-state index in [1.807, 2.05) is 29.2 Å². The lowest BCUT2D eigenvalue weighted by atomic mass is 9.97. The molecule has 5 nitrogen and oxygen atoms in total. The summed E-state index contributed by atoms with van der Waals surface area (Å²) in [5.74, 6) is 0.753. The number of benzene rings is 2. The summed E-state index contributed by atoms with van der Waals surface area (Å²) in [6.07, 6.45) is 3.25. The van der Waals surface area contributed by atoms with Crippen molar-refractivity contribution in [2.75, 3.05) is 11.9 Å². The topological polar surface area (TPSA) is 58.6 Å². The first kappa shape index (κ1) is 21.9. The number of likely N-dealkylation sites (tertiary alicyclic amines) is 1. The first-order valence-electron chi connectivity index (χ1n) is 10.8. The van der Waals surface area contributed by atoms with Crippen LogP contribution < -0.4 is 10.1 Å². The molecule has 2 unspecified atom stereocenters. The Kier molecular flexibility index (Phi) is 7.14. The fraction of sp³-hybridized carbons (Fsp3) is 0.440. The minimum absolute atomic E-state index is 0.0156. The van der Waals surface area contributed by atoms with Crippen LogP contribution in [-0.2, 0) is 4.79 Å².